The summed E-state index contributed by atoms with van der Waals surface area (Å²) in [5, 5.41) is 43.3. The summed E-state index contributed by atoms with van der Waals surface area (Å²) in [6.07, 6.45) is 12.5. The molecule has 0 fully saturated rings. The number of carbonyl (C=O) groups is 2. The van der Waals surface area contributed by atoms with Crippen LogP contribution >= 0.6 is 11.8 Å². The Kier molecular flexibility index (Phi) is 23.0. The fraction of sp³-hybridized carbons (Fsp3) is 0.469. The fourth-order valence-corrected chi connectivity index (χ4v) is 4.90. The second-order valence-electron chi connectivity index (χ2n) is 10.2. The van der Waals surface area contributed by atoms with Crippen LogP contribution in [0.1, 0.15) is 48.0 Å². The summed E-state index contributed by atoms with van der Waals surface area (Å²) in [5.41, 5.74) is 1.51. The van der Waals surface area contributed by atoms with E-state index in [0.717, 1.165) is 5.75 Å². The number of methoxy groups -OCH3 is 2. The third-order valence-corrected chi connectivity index (χ3v) is 8.07. The molecule has 1 radical (unpaired) electrons. The van der Waals surface area contributed by atoms with Crippen LogP contribution < -0.4 is 4.90 Å². The minimum Gasteiger partial charge on any atom is -0.501 e. The SMILES string of the molecule is CC(=N/O)/C(C)=N/O.CC(=N\O)/C(C)=N/O.CCSC1=C[C@@]2(C(=O)OC)[C@H](C)C=[C-]C[C@H]2C(OC)=CC1=O.CN(C)c1ccncc1.[Co]. The van der Waals surface area contributed by atoms with Crippen LogP contribution in [0.25, 0.3) is 0 Å². The number of ether oxygens (including phenoxy) is 2. The van der Waals surface area contributed by atoms with Crippen LogP contribution in [-0.4, -0.2) is 94.5 Å². The summed E-state index contributed by atoms with van der Waals surface area (Å²) >= 11 is 1.44. The van der Waals surface area contributed by atoms with E-state index in [1.54, 1.807) is 18.5 Å². The first kappa shape index (κ1) is 46.0. The number of carbonyl (C=O) groups excluding carboxylic acids is 2. The number of rotatable bonds is 7. The molecule has 0 spiro atoms. The van der Waals surface area contributed by atoms with Gasteiger partial charge in [-0.1, -0.05) is 34.5 Å². The van der Waals surface area contributed by atoms with Crippen molar-refractivity contribution in [3.05, 3.63) is 59.5 Å². The number of esters is 1. The molecule has 0 aliphatic heterocycles. The number of fused-ring (bicyclic) bond motifs is 1. The number of nitrogens with zero attached hydrogens (tertiary/aromatic N) is 6. The van der Waals surface area contributed by atoms with Crippen LogP contribution in [-0.2, 0) is 35.8 Å². The molecule has 3 atom stereocenters. The van der Waals surface area contributed by atoms with Crippen molar-refractivity contribution in [3.63, 3.8) is 0 Å². The van der Waals surface area contributed by atoms with E-state index < -0.39 is 5.41 Å². The number of oxime groups is 4. The van der Waals surface area contributed by atoms with Crippen molar-refractivity contribution in [2.45, 2.75) is 48.0 Å². The standard InChI is InChI=1S/C17H21O4S.C7H10N2.2C4H8N2O2.Co/c1-5-22-15-10-17(16(19)21-4)11(2)7-6-8-12(17)14(20-3)9-13(15)18;1-9(2)7-3-5-8-6-4-7;2*1-3(5-7)4(2)6-8;/h7,9-12H,5,8H2,1-4H3;3-6H,1-2H3;2*7-8H,1-2H3;/q-1;;;;/b;;5-3+,6-4+;5-3-,6-4+;/t11-,12+,17-;;;;/m1..../s1. The molecule has 0 bridgehead atoms. The second kappa shape index (κ2) is 24.1. The minimum atomic E-state index is -0.925. The zero-order valence-electron chi connectivity index (χ0n) is 29.0. The number of allylic oxidation sites excluding steroid dienone is 5. The van der Waals surface area contributed by atoms with Gasteiger partial charge in [0.15, 0.2) is 5.78 Å². The summed E-state index contributed by atoms with van der Waals surface area (Å²) in [4.78, 5) is 31.7. The van der Waals surface area contributed by atoms with Crippen molar-refractivity contribution in [2.24, 2.45) is 37.9 Å². The number of thioether (sulfide) groups is 1. The van der Waals surface area contributed by atoms with Crippen molar-refractivity contribution in [1.29, 1.82) is 0 Å². The van der Waals surface area contributed by atoms with Crippen LogP contribution in [0.15, 0.2) is 74.0 Å². The van der Waals surface area contributed by atoms with E-state index in [2.05, 4.69) is 31.7 Å². The van der Waals surface area contributed by atoms with Crippen LogP contribution in [0.3, 0.4) is 0 Å². The molecule has 2 aliphatic carbocycles. The van der Waals surface area contributed by atoms with Gasteiger partial charge in [-0.3, -0.25) is 20.6 Å². The van der Waals surface area contributed by atoms with Crippen LogP contribution in [0.2, 0.25) is 0 Å². The van der Waals surface area contributed by atoms with E-state index in [4.69, 9.17) is 30.3 Å². The molecule has 0 saturated carbocycles. The van der Waals surface area contributed by atoms with Crippen molar-refractivity contribution < 1.29 is 56.7 Å². The fourth-order valence-electron chi connectivity index (χ4n) is 4.11. The average Bonchev–Trinajstić information content (AvgIpc) is 3.22. The zero-order valence-corrected chi connectivity index (χ0v) is 30.8. The Morgan fingerprint density at radius 1 is 1.00 bits per heavy atom. The summed E-state index contributed by atoms with van der Waals surface area (Å²) < 4.78 is 10.5. The Morgan fingerprint density at radius 2 is 1.48 bits per heavy atom. The van der Waals surface area contributed by atoms with Crippen molar-refractivity contribution in [2.75, 3.05) is 39.0 Å². The van der Waals surface area contributed by atoms with Crippen molar-refractivity contribution >= 4 is 52.0 Å². The molecule has 0 saturated heterocycles. The predicted octanol–water partition coefficient (Wildman–Crippen LogP) is 5.43. The quantitative estimate of drug-likeness (QED) is 0.0916. The topological polar surface area (TPSA) is 199 Å². The molecule has 0 aromatic carbocycles. The van der Waals surface area contributed by atoms with Gasteiger partial charge >= 0.3 is 5.97 Å². The van der Waals surface area contributed by atoms with Gasteiger partial charge in [0.25, 0.3) is 0 Å². The van der Waals surface area contributed by atoms with Crippen LogP contribution in [0.5, 0.6) is 0 Å². The summed E-state index contributed by atoms with van der Waals surface area (Å²) in [7, 11) is 6.93. The first-order valence-corrected chi connectivity index (χ1v) is 15.4. The molecule has 2 aliphatic rings. The van der Waals surface area contributed by atoms with E-state index in [9.17, 15) is 9.59 Å². The third kappa shape index (κ3) is 13.5. The maximum Gasteiger partial charge on any atom is 0.316 e. The molecule has 269 valence electrons. The van der Waals surface area contributed by atoms with Gasteiger partial charge in [-0.25, -0.2) is 0 Å². The van der Waals surface area contributed by atoms with Crippen molar-refractivity contribution in [3.8, 4) is 0 Å². The molecular weight excluding hydrogens is 687 g/mol. The van der Waals surface area contributed by atoms with Crippen LogP contribution in [0, 0.1) is 23.3 Å². The molecule has 16 heteroatoms. The Morgan fingerprint density at radius 3 is 1.83 bits per heavy atom. The summed E-state index contributed by atoms with van der Waals surface area (Å²) in [6, 6.07) is 3.94. The number of ketones is 1. The summed E-state index contributed by atoms with van der Waals surface area (Å²) in [6.45, 7) is 10.1. The summed E-state index contributed by atoms with van der Waals surface area (Å²) in [5.74, 6) is 0.417. The van der Waals surface area contributed by atoms with E-state index >= 15 is 0 Å². The second-order valence-corrected chi connectivity index (χ2v) is 11.5. The maximum atomic E-state index is 12.7. The maximum absolute atomic E-state index is 12.7. The number of hydrogen-bond donors (Lipinski definition) is 4. The first-order valence-electron chi connectivity index (χ1n) is 14.4. The molecule has 0 unspecified atom stereocenters. The largest absolute Gasteiger partial charge is 0.501 e. The van der Waals surface area contributed by atoms with E-state index in [-0.39, 0.29) is 40.4 Å². The number of pyridine rings is 1. The van der Waals surface area contributed by atoms with Gasteiger partial charge < -0.3 is 41.3 Å². The van der Waals surface area contributed by atoms with Gasteiger partial charge in [0.2, 0.25) is 0 Å². The monoisotopic (exact) mass is 734 g/mol. The van der Waals surface area contributed by atoms with E-state index in [0.29, 0.717) is 39.9 Å². The molecule has 4 N–H and O–H groups in total. The Bertz CT molecular complexity index is 1320. The zero-order chi connectivity index (χ0) is 36.2. The number of aromatic nitrogens is 1. The van der Waals surface area contributed by atoms with E-state index in [1.165, 1.54) is 65.4 Å². The molecule has 48 heavy (non-hydrogen) atoms. The van der Waals surface area contributed by atoms with Gasteiger partial charge in [-0.15, -0.1) is 11.8 Å². The minimum absolute atomic E-state index is 0. The molecule has 0 amide bonds. The number of anilines is 1. The smallest absolute Gasteiger partial charge is 0.316 e. The molecule has 3 rings (SSSR count). The third-order valence-electron chi connectivity index (χ3n) is 7.15. The molecule has 14 nitrogen and oxygen atoms in total. The van der Waals surface area contributed by atoms with Crippen LogP contribution in [0.4, 0.5) is 5.69 Å². The van der Waals surface area contributed by atoms with Crippen molar-refractivity contribution in [1.82, 2.24) is 4.98 Å². The Labute approximate surface area is 297 Å². The molecular formula is C32H47CoN6O8S-. The van der Waals surface area contributed by atoms with E-state index in [1.807, 2.05) is 51.1 Å². The average molecular weight is 735 g/mol. The molecule has 1 aromatic heterocycles. The van der Waals surface area contributed by atoms with Gasteiger partial charge in [0, 0.05) is 60.9 Å². The normalized spacial score (nSPS) is 20.6. The van der Waals surface area contributed by atoms with Gasteiger partial charge in [-0.2, -0.15) is 6.42 Å². The number of hydrogen-bond acceptors (Lipinski definition) is 15. The van der Waals surface area contributed by atoms with Gasteiger partial charge in [0.05, 0.1) is 24.5 Å². The Balaban J connectivity index is 0. The first-order chi connectivity index (χ1) is 22.2. The molecule has 1 heterocycles. The van der Waals surface area contributed by atoms with Gasteiger partial charge in [0.1, 0.15) is 28.6 Å². The van der Waals surface area contributed by atoms with Gasteiger partial charge in [-0.05, 0) is 57.6 Å². The predicted molar refractivity (Wildman–Crippen MR) is 184 cm³/mol. The molecule has 1 aromatic rings. The Hall–Kier alpha value is -4.15.